The van der Waals surface area contributed by atoms with Crippen LogP contribution in [0.4, 0.5) is 5.69 Å². The number of hydrogen-bond acceptors (Lipinski definition) is 9. The van der Waals surface area contributed by atoms with Crippen molar-refractivity contribution in [1.29, 1.82) is 0 Å². The molecule has 0 aliphatic carbocycles. The van der Waals surface area contributed by atoms with E-state index < -0.39 is 16.9 Å². The molecule has 1 aliphatic heterocycles. The highest BCUT2D eigenvalue weighted by atomic mass is 32.1. The van der Waals surface area contributed by atoms with E-state index in [0.717, 1.165) is 0 Å². The first-order valence-electron chi connectivity index (χ1n) is 13.4. The van der Waals surface area contributed by atoms with E-state index in [1.165, 1.54) is 22.0 Å². The molecule has 42 heavy (non-hydrogen) atoms. The molecule has 0 saturated carbocycles. The van der Waals surface area contributed by atoms with E-state index in [0.29, 0.717) is 49.0 Å². The zero-order chi connectivity index (χ0) is 30.1. The normalized spacial score (nSPS) is 15.0. The van der Waals surface area contributed by atoms with Crippen LogP contribution < -0.4 is 19.6 Å². The Morgan fingerprint density at radius 3 is 2.57 bits per heavy atom. The number of rotatable bonds is 8. The highest BCUT2D eigenvalue weighted by Gasteiger charge is 2.33. The fraction of sp³-hybridized carbons (Fsp3) is 0.258. The molecular weight excluding hydrogens is 558 g/mol. The van der Waals surface area contributed by atoms with Crippen LogP contribution in [-0.2, 0) is 9.53 Å². The van der Waals surface area contributed by atoms with Gasteiger partial charge in [0.2, 0.25) is 0 Å². The van der Waals surface area contributed by atoms with E-state index in [2.05, 4.69) is 4.99 Å². The van der Waals surface area contributed by atoms with E-state index >= 15 is 0 Å². The maximum atomic E-state index is 13.8. The van der Waals surface area contributed by atoms with Crippen molar-refractivity contribution >= 4 is 29.1 Å². The average Bonchev–Trinajstić information content (AvgIpc) is 3.52. The Labute approximate surface area is 245 Å². The molecule has 0 bridgehead atoms. The summed E-state index contributed by atoms with van der Waals surface area (Å²) in [6.07, 6.45) is 1.60. The predicted octanol–water partition coefficient (Wildman–Crippen LogP) is 5.06. The summed E-state index contributed by atoms with van der Waals surface area (Å²) in [6, 6.07) is 14.8. The highest BCUT2D eigenvalue weighted by molar-refractivity contribution is 7.07. The number of nitro benzene ring substituents is 1. The van der Waals surface area contributed by atoms with Crippen molar-refractivity contribution in [2.45, 2.75) is 46.8 Å². The van der Waals surface area contributed by atoms with Crippen LogP contribution in [0.5, 0.6) is 5.75 Å². The maximum Gasteiger partial charge on any atom is 0.338 e. The number of carbonyl (C=O) groups is 1. The highest BCUT2D eigenvalue weighted by Crippen LogP contribution is 2.32. The van der Waals surface area contributed by atoms with Crippen LogP contribution in [0.3, 0.4) is 0 Å². The first kappa shape index (κ1) is 28.7. The van der Waals surface area contributed by atoms with Gasteiger partial charge in [-0.15, -0.1) is 0 Å². The Bertz CT molecular complexity index is 1900. The van der Waals surface area contributed by atoms with Crippen LogP contribution in [0.15, 0.2) is 80.1 Å². The van der Waals surface area contributed by atoms with Gasteiger partial charge in [-0.2, -0.15) is 0 Å². The van der Waals surface area contributed by atoms with E-state index in [1.807, 2.05) is 38.1 Å². The molecular formula is C31H29N3O7S. The monoisotopic (exact) mass is 587 g/mol. The third kappa shape index (κ3) is 5.55. The minimum Gasteiger partial charge on any atom is -0.491 e. The Morgan fingerprint density at radius 2 is 1.90 bits per heavy atom. The SMILES string of the molecule is CCOC(=O)C1=C(C)N=c2s/c(=C\c3ccc(-c4ccc(C)c([N+](=O)[O-])c4)o3)c(=O)n2[C@@H]1c1ccc(OC(C)C)cc1. The van der Waals surface area contributed by atoms with Crippen molar-refractivity contribution in [3.63, 3.8) is 0 Å². The molecule has 0 unspecified atom stereocenters. The van der Waals surface area contributed by atoms with Gasteiger partial charge in [0.05, 0.1) is 39.5 Å². The Morgan fingerprint density at radius 1 is 1.17 bits per heavy atom. The molecule has 0 saturated heterocycles. The molecule has 1 aliphatic rings. The lowest BCUT2D eigenvalue weighted by Gasteiger charge is -2.25. The van der Waals surface area contributed by atoms with Crippen LogP contribution in [-0.4, -0.2) is 28.2 Å². The van der Waals surface area contributed by atoms with Crippen LogP contribution in [0.1, 0.15) is 50.6 Å². The Balaban J connectivity index is 1.59. The smallest absolute Gasteiger partial charge is 0.338 e. The minimum atomic E-state index is -0.754. The topological polar surface area (TPSA) is 126 Å². The Hall–Kier alpha value is -4.77. The molecule has 0 spiro atoms. The molecule has 0 radical (unpaired) electrons. The summed E-state index contributed by atoms with van der Waals surface area (Å²) in [6.45, 7) is 9.17. The van der Waals surface area contributed by atoms with E-state index in [9.17, 15) is 19.7 Å². The van der Waals surface area contributed by atoms with Gasteiger partial charge in [0.25, 0.3) is 11.2 Å². The van der Waals surface area contributed by atoms with Gasteiger partial charge in [0.15, 0.2) is 4.80 Å². The van der Waals surface area contributed by atoms with Gasteiger partial charge >= 0.3 is 5.97 Å². The zero-order valence-corrected chi connectivity index (χ0v) is 24.6. The van der Waals surface area contributed by atoms with Crippen molar-refractivity contribution in [3.8, 4) is 17.1 Å². The number of furan rings is 1. The number of hydrogen-bond donors (Lipinski definition) is 0. The molecule has 4 aromatic rings. The number of carbonyl (C=O) groups excluding carboxylic acids is 1. The first-order valence-corrected chi connectivity index (χ1v) is 14.2. The standard InChI is InChI=1S/C31H29N3O7S/c1-6-39-30(36)27-19(5)32-31-33(28(27)20-9-11-22(12-10-20)40-17(2)3)29(35)26(42-31)16-23-13-14-25(41-23)21-8-7-18(4)24(15-21)34(37)38/h7-17,28H,6H2,1-5H3/b26-16-/t28-/m1/s1. The number of thiazole rings is 1. The number of esters is 1. The van der Waals surface area contributed by atoms with Crippen molar-refractivity contribution < 1.29 is 23.6 Å². The molecule has 0 amide bonds. The molecule has 0 fully saturated rings. The van der Waals surface area contributed by atoms with Gasteiger partial charge < -0.3 is 13.9 Å². The summed E-state index contributed by atoms with van der Waals surface area (Å²) < 4.78 is 18.9. The molecule has 10 nitrogen and oxygen atoms in total. The lowest BCUT2D eigenvalue weighted by atomic mass is 9.96. The van der Waals surface area contributed by atoms with Crippen LogP contribution in [0.25, 0.3) is 17.4 Å². The lowest BCUT2D eigenvalue weighted by molar-refractivity contribution is -0.385. The molecule has 11 heteroatoms. The van der Waals surface area contributed by atoms with Crippen LogP contribution in [0.2, 0.25) is 0 Å². The summed E-state index contributed by atoms with van der Waals surface area (Å²) in [5, 5.41) is 11.4. The molecule has 1 atom stereocenters. The van der Waals surface area contributed by atoms with E-state index in [1.54, 1.807) is 51.1 Å². The average molecular weight is 588 g/mol. The van der Waals surface area contributed by atoms with Crippen LogP contribution in [0, 0.1) is 17.0 Å². The molecule has 3 heterocycles. The number of nitrogens with zero attached hydrogens (tertiary/aromatic N) is 3. The molecule has 2 aromatic heterocycles. The lowest BCUT2D eigenvalue weighted by Crippen LogP contribution is -2.39. The summed E-state index contributed by atoms with van der Waals surface area (Å²) in [5.41, 5.74) is 2.21. The number of benzene rings is 2. The van der Waals surface area contributed by atoms with Gasteiger partial charge in [-0.05, 0) is 64.4 Å². The largest absolute Gasteiger partial charge is 0.491 e. The van der Waals surface area contributed by atoms with Crippen molar-refractivity contribution in [2.24, 2.45) is 4.99 Å². The van der Waals surface area contributed by atoms with E-state index in [4.69, 9.17) is 13.9 Å². The molecule has 5 rings (SSSR count). The maximum absolute atomic E-state index is 13.8. The number of allylic oxidation sites excluding steroid dienone is 1. The number of ether oxygens (including phenoxy) is 2. The first-order chi connectivity index (χ1) is 20.1. The number of aromatic nitrogens is 1. The fourth-order valence-corrected chi connectivity index (χ4v) is 5.81. The van der Waals surface area contributed by atoms with Crippen molar-refractivity contribution in [3.05, 3.63) is 113 Å². The van der Waals surface area contributed by atoms with Crippen LogP contribution >= 0.6 is 11.3 Å². The summed E-state index contributed by atoms with van der Waals surface area (Å²) in [7, 11) is 0. The third-order valence-corrected chi connectivity index (χ3v) is 7.66. The summed E-state index contributed by atoms with van der Waals surface area (Å²) in [5.74, 6) is 0.959. The minimum absolute atomic E-state index is 0.00432. The summed E-state index contributed by atoms with van der Waals surface area (Å²) in [4.78, 5) is 42.9. The van der Waals surface area contributed by atoms with Gasteiger partial charge in [0.1, 0.15) is 17.3 Å². The Kier molecular flexibility index (Phi) is 7.95. The number of aryl methyl sites for hydroxylation is 1. The molecule has 2 aromatic carbocycles. The van der Waals surface area contributed by atoms with Gasteiger partial charge in [-0.3, -0.25) is 19.5 Å². The second kappa shape index (κ2) is 11.6. The van der Waals surface area contributed by atoms with Crippen molar-refractivity contribution in [1.82, 2.24) is 4.57 Å². The van der Waals surface area contributed by atoms with E-state index in [-0.39, 0.29) is 29.5 Å². The fourth-order valence-electron chi connectivity index (χ4n) is 4.78. The van der Waals surface area contributed by atoms with Crippen molar-refractivity contribution in [2.75, 3.05) is 6.61 Å². The number of fused-ring (bicyclic) bond motifs is 1. The molecule has 0 N–H and O–H groups in total. The van der Waals surface area contributed by atoms with Gasteiger partial charge in [0, 0.05) is 23.3 Å². The molecule has 216 valence electrons. The number of nitro groups is 1. The van der Waals surface area contributed by atoms with Gasteiger partial charge in [-0.25, -0.2) is 9.79 Å². The summed E-state index contributed by atoms with van der Waals surface area (Å²) >= 11 is 1.18. The third-order valence-electron chi connectivity index (χ3n) is 6.68. The van der Waals surface area contributed by atoms with Gasteiger partial charge in [-0.1, -0.05) is 35.6 Å². The second-order valence-corrected chi connectivity index (χ2v) is 11.0. The quantitative estimate of drug-likeness (QED) is 0.160. The predicted molar refractivity (Wildman–Crippen MR) is 158 cm³/mol. The zero-order valence-electron chi connectivity index (χ0n) is 23.7. The second-order valence-electron chi connectivity index (χ2n) is 10.00.